The van der Waals surface area contributed by atoms with Crippen LogP contribution >= 0.6 is 0 Å². The number of ether oxygens (including phenoxy) is 1. The van der Waals surface area contributed by atoms with E-state index in [9.17, 15) is 4.79 Å². The predicted molar refractivity (Wildman–Crippen MR) is 84.5 cm³/mol. The van der Waals surface area contributed by atoms with Crippen molar-refractivity contribution in [2.45, 2.75) is 32.6 Å². The van der Waals surface area contributed by atoms with Crippen LogP contribution < -0.4 is 5.32 Å². The van der Waals surface area contributed by atoms with Crippen molar-refractivity contribution in [1.29, 1.82) is 5.26 Å². The Morgan fingerprint density at radius 2 is 2.35 bits per heavy atom. The molecule has 7 nitrogen and oxygen atoms in total. The number of carbonyl (C=O) groups is 1. The maximum atomic E-state index is 11.6. The van der Waals surface area contributed by atoms with Crippen LogP contribution in [0.15, 0.2) is 17.8 Å². The molecule has 0 aliphatic heterocycles. The first kappa shape index (κ1) is 15.0. The molecule has 118 valence electrons. The molecule has 3 rings (SSSR count). The first-order valence-electron chi connectivity index (χ1n) is 7.63. The summed E-state index contributed by atoms with van der Waals surface area (Å²) in [4.78, 5) is 16.2. The number of hydrogen-bond donors (Lipinski definition) is 2. The molecule has 2 aromatic heterocycles. The van der Waals surface area contributed by atoms with Gasteiger partial charge in [0.1, 0.15) is 6.07 Å². The molecular weight excluding hydrogens is 294 g/mol. The number of H-pyrrole nitrogens is 1. The summed E-state index contributed by atoms with van der Waals surface area (Å²) in [6.45, 7) is 1.91. The number of esters is 1. The molecule has 2 aromatic rings. The number of aryl methyl sites for hydroxylation is 2. The second-order valence-corrected chi connectivity index (χ2v) is 5.30. The molecule has 0 saturated carbocycles. The average molecular weight is 311 g/mol. The number of nitriles is 1. The van der Waals surface area contributed by atoms with Gasteiger partial charge in [-0.15, -0.1) is 0 Å². The van der Waals surface area contributed by atoms with Gasteiger partial charge in [-0.3, -0.25) is 5.10 Å². The second-order valence-electron chi connectivity index (χ2n) is 5.30. The number of pyridine rings is 1. The standard InChI is InChI=1S/C16H17N5O2/c1-2-23-16(22)11(8-17)9-18-14-12-7-10-5-3-4-6-13(10)19-15(12)21-20-14/h7,9H,2-6H2,1H3,(H2,18,19,20,21)/b11-9+. The fourth-order valence-electron chi connectivity index (χ4n) is 2.66. The maximum absolute atomic E-state index is 11.6. The minimum Gasteiger partial charge on any atom is -0.462 e. The van der Waals surface area contributed by atoms with Crippen LogP contribution in [0.2, 0.25) is 0 Å². The van der Waals surface area contributed by atoms with Crippen molar-refractivity contribution in [1.82, 2.24) is 15.2 Å². The van der Waals surface area contributed by atoms with Crippen molar-refractivity contribution < 1.29 is 9.53 Å². The van der Waals surface area contributed by atoms with Gasteiger partial charge in [-0.2, -0.15) is 10.4 Å². The average Bonchev–Trinajstić information content (AvgIpc) is 2.95. The van der Waals surface area contributed by atoms with Gasteiger partial charge in [0, 0.05) is 11.9 Å². The van der Waals surface area contributed by atoms with Gasteiger partial charge < -0.3 is 10.1 Å². The lowest BCUT2D eigenvalue weighted by molar-refractivity contribution is -0.138. The third kappa shape index (κ3) is 3.01. The molecule has 0 spiro atoms. The number of aromatic amines is 1. The molecule has 0 radical (unpaired) electrons. The highest BCUT2D eigenvalue weighted by Gasteiger charge is 2.15. The molecule has 0 amide bonds. The van der Waals surface area contributed by atoms with Gasteiger partial charge in [0.2, 0.25) is 0 Å². The first-order chi connectivity index (χ1) is 11.2. The van der Waals surface area contributed by atoms with Crippen LogP contribution in [0.25, 0.3) is 11.0 Å². The fraction of sp³-hybridized carbons (Fsp3) is 0.375. The summed E-state index contributed by atoms with van der Waals surface area (Å²) >= 11 is 0. The van der Waals surface area contributed by atoms with E-state index >= 15 is 0 Å². The smallest absolute Gasteiger partial charge is 0.350 e. The molecule has 0 saturated heterocycles. The maximum Gasteiger partial charge on any atom is 0.350 e. The minimum atomic E-state index is -0.655. The van der Waals surface area contributed by atoms with Crippen LogP contribution in [0.5, 0.6) is 0 Å². The Kier molecular flexibility index (Phi) is 4.24. The Morgan fingerprint density at radius 3 is 3.13 bits per heavy atom. The van der Waals surface area contributed by atoms with E-state index in [1.54, 1.807) is 6.92 Å². The van der Waals surface area contributed by atoms with E-state index in [0.29, 0.717) is 11.5 Å². The third-order valence-corrected chi connectivity index (χ3v) is 3.80. The van der Waals surface area contributed by atoms with Crippen LogP contribution in [0.4, 0.5) is 5.82 Å². The summed E-state index contributed by atoms with van der Waals surface area (Å²) in [6, 6.07) is 3.89. The normalized spacial score (nSPS) is 14.2. The van der Waals surface area contributed by atoms with Crippen LogP contribution in [0, 0.1) is 11.3 Å². The van der Waals surface area contributed by atoms with E-state index in [4.69, 9.17) is 10.00 Å². The molecule has 0 atom stereocenters. The van der Waals surface area contributed by atoms with E-state index in [1.165, 1.54) is 24.6 Å². The molecular formula is C16H17N5O2. The van der Waals surface area contributed by atoms with Crippen LogP contribution in [0.3, 0.4) is 0 Å². The summed E-state index contributed by atoms with van der Waals surface area (Å²) in [6.07, 6.45) is 5.66. The van der Waals surface area contributed by atoms with E-state index in [0.717, 1.165) is 23.9 Å². The van der Waals surface area contributed by atoms with E-state index in [1.807, 2.05) is 6.07 Å². The third-order valence-electron chi connectivity index (χ3n) is 3.80. The summed E-state index contributed by atoms with van der Waals surface area (Å²) < 4.78 is 4.82. The molecule has 0 unspecified atom stereocenters. The molecule has 0 bridgehead atoms. The van der Waals surface area contributed by atoms with Crippen LogP contribution in [-0.4, -0.2) is 27.8 Å². The SMILES string of the molecule is CCOC(=O)/C(C#N)=C/Nc1n[nH]c2nc3c(cc12)CCCC3. The van der Waals surface area contributed by atoms with Gasteiger partial charge in [-0.25, -0.2) is 9.78 Å². The number of anilines is 1. The number of carbonyl (C=O) groups excluding carboxylic acids is 1. The van der Waals surface area contributed by atoms with E-state index in [2.05, 4.69) is 26.6 Å². The Morgan fingerprint density at radius 1 is 1.52 bits per heavy atom. The lowest BCUT2D eigenvalue weighted by Gasteiger charge is -2.14. The minimum absolute atomic E-state index is 0.103. The quantitative estimate of drug-likeness (QED) is 0.510. The molecule has 0 aromatic carbocycles. The molecule has 1 aliphatic carbocycles. The summed E-state index contributed by atoms with van der Waals surface area (Å²) in [7, 11) is 0. The Labute approximate surface area is 133 Å². The zero-order valence-corrected chi connectivity index (χ0v) is 12.8. The van der Waals surface area contributed by atoms with Gasteiger partial charge in [-0.05, 0) is 44.2 Å². The highest BCUT2D eigenvalue weighted by atomic mass is 16.5. The highest BCUT2D eigenvalue weighted by Crippen LogP contribution is 2.26. The molecule has 7 heteroatoms. The van der Waals surface area contributed by atoms with Crippen molar-refractivity contribution in [3.05, 3.63) is 29.1 Å². The van der Waals surface area contributed by atoms with Gasteiger partial charge in [0.05, 0.1) is 12.0 Å². The number of aromatic nitrogens is 3. The predicted octanol–water partition coefficient (Wildman–Crippen LogP) is 2.22. The summed E-state index contributed by atoms with van der Waals surface area (Å²) in [5.41, 5.74) is 2.96. The van der Waals surface area contributed by atoms with Crippen molar-refractivity contribution >= 4 is 22.8 Å². The van der Waals surface area contributed by atoms with Gasteiger partial charge >= 0.3 is 5.97 Å². The molecule has 23 heavy (non-hydrogen) atoms. The number of rotatable bonds is 4. The van der Waals surface area contributed by atoms with Crippen LogP contribution in [0.1, 0.15) is 31.0 Å². The largest absolute Gasteiger partial charge is 0.462 e. The zero-order valence-electron chi connectivity index (χ0n) is 12.8. The van der Waals surface area contributed by atoms with Crippen molar-refractivity contribution in [3.8, 4) is 6.07 Å². The van der Waals surface area contributed by atoms with E-state index in [-0.39, 0.29) is 12.2 Å². The number of fused-ring (bicyclic) bond motifs is 2. The highest BCUT2D eigenvalue weighted by molar-refractivity contribution is 5.94. The monoisotopic (exact) mass is 311 g/mol. The number of nitrogens with one attached hydrogen (secondary N) is 2. The summed E-state index contributed by atoms with van der Waals surface area (Å²) in [5.74, 6) is -0.115. The molecule has 1 aliphatic rings. The molecule has 2 heterocycles. The van der Waals surface area contributed by atoms with Crippen molar-refractivity contribution in [2.75, 3.05) is 11.9 Å². The zero-order chi connectivity index (χ0) is 16.2. The topological polar surface area (TPSA) is 104 Å². The Balaban J connectivity index is 1.89. The van der Waals surface area contributed by atoms with Crippen molar-refractivity contribution in [3.63, 3.8) is 0 Å². The van der Waals surface area contributed by atoms with Gasteiger partial charge in [0.25, 0.3) is 0 Å². The lowest BCUT2D eigenvalue weighted by Crippen LogP contribution is -2.08. The Hall–Kier alpha value is -2.88. The second kappa shape index (κ2) is 6.48. The number of nitrogens with zero attached hydrogens (tertiary/aromatic N) is 3. The van der Waals surface area contributed by atoms with Gasteiger partial charge in [0.15, 0.2) is 17.0 Å². The molecule has 0 fully saturated rings. The summed E-state index contributed by atoms with van der Waals surface area (Å²) in [5, 5.41) is 19.8. The fourth-order valence-corrected chi connectivity index (χ4v) is 2.66. The molecule has 2 N–H and O–H groups in total. The lowest BCUT2D eigenvalue weighted by atomic mass is 9.95. The Bertz CT molecular complexity index is 816. The van der Waals surface area contributed by atoms with Crippen molar-refractivity contribution in [2.24, 2.45) is 0 Å². The van der Waals surface area contributed by atoms with E-state index < -0.39 is 5.97 Å². The number of hydrogen-bond acceptors (Lipinski definition) is 6. The van der Waals surface area contributed by atoms with Crippen LogP contribution in [-0.2, 0) is 22.4 Å². The van der Waals surface area contributed by atoms with Gasteiger partial charge in [-0.1, -0.05) is 0 Å². The first-order valence-corrected chi connectivity index (χ1v) is 7.63.